The summed E-state index contributed by atoms with van der Waals surface area (Å²) in [7, 11) is 1.65. The molecule has 1 unspecified atom stereocenters. The van der Waals surface area contributed by atoms with Gasteiger partial charge in [-0.15, -0.1) is 0 Å². The van der Waals surface area contributed by atoms with Crippen LogP contribution in [0.25, 0.3) is 0 Å². The van der Waals surface area contributed by atoms with Gasteiger partial charge in [-0.05, 0) is 26.2 Å². The van der Waals surface area contributed by atoms with E-state index in [2.05, 4.69) is 0 Å². The van der Waals surface area contributed by atoms with Gasteiger partial charge in [0.15, 0.2) is 0 Å². The number of nitrogens with zero attached hydrogens (tertiary/aromatic N) is 2. The Morgan fingerprint density at radius 3 is 2.65 bits per heavy atom. The second-order valence-electron chi connectivity index (χ2n) is 6.09. The maximum Gasteiger partial charge on any atom is 0.330 e. The fourth-order valence-corrected chi connectivity index (χ4v) is 6.07. The summed E-state index contributed by atoms with van der Waals surface area (Å²) in [5.74, 6) is 0.601. The van der Waals surface area contributed by atoms with Crippen LogP contribution in [0.3, 0.4) is 0 Å². The standard InChI is InChI=1S/C15H25N2O4PS/c1-12-11-14(18)17(15(19)16(12)2)9-6-10-23-22(3,20)21-13-7-4-5-8-13/h11,13H,4-10H2,1-3H3. The van der Waals surface area contributed by atoms with Crippen molar-refractivity contribution in [3.63, 3.8) is 0 Å². The van der Waals surface area contributed by atoms with E-state index in [9.17, 15) is 14.2 Å². The van der Waals surface area contributed by atoms with E-state index in [-0.39, 0.29) is 17.4 Å². The highest BCUT2D eigenvalue weighted by Crippen LogP contribution is 2.58. The minimum atomic E-state index is -2.66. The van der Waals surface area contributed by atoms with Crippen LogP contribution in [0.2, 0.25) is 0 Å². The molecule has 0 amide bonds. The number of aryl methyl sites for hydroxylation is 1. The highest BCUT2D eigenvalue weighted by atomic mass is 32.7. The molecule has 1 heterocycles. The van der Waals surface area contributed by atoms with Crippen LogP contribution in [0.5, 0.6) is 0 Å². The second kappa shape index (κ2) is 7.86. The van der Waals surface area contributed by atoms with E-state index in [4.69, 9.17) is 4.52 Å². The van der Waals surface area contributed by atoms with E-state index in [1.54, 1.807) is 20.6 Å². The van der Waals surface area contributed by atoms with E-state index in [0.717, 1.165) is 25.7 Å². The summed E-state index contributed by atoms with van der Waals surface area (Å²) < 4.78 is 20.8. The first-order valence-electron chi connectivity index (χ1n) is 7.98. The van der Waals surface area contributed by atoms with E-state index in [1.807, 2.05) is 0 Å². The quantitative estimate of drug-likeness (QED) is 0.552. The fourth-order valence-electron chi connectivity index (χ4n) is 2.73. The van der Waals surface area contributed by atoms with Crippen molar-refractivity contribution >= 4 is 18.0 Å². The molecule has 1 atom stereocenters. The van der Waals surface area contributed by atoms with Gasteiger partial charge in [-0.3, -0.25) is 13.9 Å². The average molecular weight is 360 g/mol. The average Bonchev–Trinajstić information content (AvgIpc) is 2.96. The largest absolute Gasteiger partial charge is 0.330 e. The molecule has 1 saturated carbocycles. The van der Waals surface area contributed by atoms with Gasteiger partial charge in [0.05, 0.1) is 6.10 Å². The van der Waals surface area contributed by atoms with Crippen LogP contribution in [-0.4, -0.2) is 27.7 Å². The molecule has 0 spiro atoms. The molecular formula is C15H25N2O4PS. The Balaban J connectivity index is 1.86. The third-order valence-corrected chi connectivity index (χ3v) is 7.97. The van der Waals surface area contributed by atoms with Crippen molar-refractivity contribution < 1.29 is 9.09 Å². The van der Waals surface area contributed by atoms with Gasteiger partial charge in [-0.2, -0.15) is 0 Å². The lowest BCUT2D eigenvalue weighted by Crippen LogP contribution is -2.39. The summed E-state index contributed by atoms with van der Waals surface area (Å²) in [5.41, 5.74) is 0.0630. The Labute approximate surface area is 140 Å². The molecule has 1 aromatic rings. The zero-order valence-electron chi connectivity index (χ0n) is 14.0. The Morgan fingerprint density at radius 1 is 1.35 bits per heavy atom. The third-order valence-electron chi connectivity index (χ3n) is 4.14. The van der Waals surface area contributed by atoms with Gasteiger partial charge in [0.2, 0.25) is 0 Å². The molecule has 0 N–H and O–H groups in total. The summed E-state index contributed by atoms with van der Waals surface area (Å²) in [4.78, 5) is 24.0. The van der Waals surface area contributed by atoms with Crippen LogP contribution in [0.15, 0.2) is 15.7 Å². The van der Waals surface area contributed by atoms with Gasteiger partial charge in [-0.1, -0.05) is 24.2 Å². The van der Waals surface area contributed by atoms with Gasteiger partial charge in [0.25, 0.3) is 12.1 Å². The van der Waals surface area contributed by atoms with Crippen LogP contribution >= 0.6 is 18.0 Å². The van der Waals surface area contributed by atoms with Gasteiger partial charge in [0, 0.05) is 37.8 Å². The molecule has 2 rings (SSSR count). The molecule has 130 valence electrons. The van der Waals surface area contributed by atoms with Crippen molar-refractivity contribution in [2.24, 2.45) is 7.05 Å². The second-order valence-corrected chi connectivity index (χ2v) is 11.3. The van der Waals surface area contributed by atoms with Crippen LogP contribution < -0.4 is 11.2 Å². The zero-order chi connectivity index (χ0) is 17.0. The van der Waals surface area contributed by atoms with Gasteiger partial charge < -0.3 is 9.09 Å². The molecule has 6 nitrogen and oxygen atoms in total. The highest BCUT2D eigenvalue weighted by molar-refractivity contribution is 8.56. The SMILES string of the molecule is Cc1cc(=O)n(CCCSP(C)(=O)OC2CCCC2)c(=O)n1C. The van der Waals surface area contributed by atoms with Crippen molar-refractivity contribution in [3.8, 4) is 0 Å². The predicted molar refractivity (Wildman–Crippen MR) is 94.6 cm³/mol. The minimum Gasteiger partial charge on any atom is -0.318 e. The molecule has 1 fully saturated rings. The number of rotatable bonds is 7. The maximum atomic E-state index is 12.4. The monoisotopic (exact) mass is 360 g/mol. The third kappa shape index (κ3) is 5.10. The van der Waals surface area contributed by atoms with Crippen LogP contribution in [0.1, 0.15) is 37.8 Å². The Kier molecular flexibility index (Phi) is 6.34. The van der Waals surface area contributed by atoms with Crippen LogP contribution in [0, 0.1) is 6.92 Å². The normalized spacial score (nSPS) is 18.2. The molecule has 1 aliphatic carbocycles. The molecule has 0 aromatic carbocycles. The van der Waals surface area contributed by atoms with Gasteiger partial charge >= 0.3 is 5.69 Å². The highest BCUT2D eigenvalue weighted by Gasteiger charge is 2.25. The molecule has 1 aromatic heterocycles. The van der Waals surface area contributed by atoms with E-state index in [0.29, 0.717) is 24.4 Å². The lowest BCUT2D eigenvalue weighted by Gasteiger charge is -2.18. The van der Waals surface area contributed by atoms with Crippen molar-refractivity contribution in [2.45, 2.75) is 51.7 Å². The van der Waals surface area contributed by atoms with Crippen molar-refractivity contribution in [1.29, 1.82) is 0 Å². The first kappa shape index (κ1) is 18.6. The van der Waals surface area contributed by atoms with E-state index < -0.39 is 6.57 Å². The maximum absolute atomic E-state index is 12.4. The summed E-state index contributed by atoms with van der Waals surface area (Å²) >= 11 is 1.31. The minimum absolute atomic E-state index is 0.130. The molecule has 0 saturated heterocycles. The molecular weight excluding hydrogens is 335 g/mol. The topological polar surface area (TPSA) is 70.3 Å². The van der Waals surface area contributed by atoms with E-state index >= 15 is 0 Å². The first-order chi connectivity index (χ1) is 10.8. The smallest absolute Gasteiger partial charge is 0.318 e. The molecule has 0 bridgehead atoms. The molecule has 0 aliphatic heterocycles. The zero-order valence-corrected chi connectivity index (χ0v) is 15.7. The lowest BCUT2D eigenvalue weighted by atomic mass is 10.3. The summed E-state index contributed by atoms with van der Waals surface area (Å²) in [6, 6.07) is 1.46. The number of aromatic nitrogens is 2. The molecule has 8 heteroatoms. The predicted octanol–water partition coefficient (Wildman–Crippen LogP) is 2.76. The molecule has 1 aliphatic rings. The Bertz CT molecular complexity index is 706. The molecule has 23 heavy (non-hydrogen) atoms. The Morgan fingerprint density at radius 2 is 2.00 bits per heavy atom. The summed E-state index contributed by atoms with van der Waals surface area (Å²) in [5, 5.41) is 0. The summed E-state index contributed by atoms with van der Waals surface area (Å²) in [6.45, 7) is 1.07. The van der Waals surface area contributed by atoms with Gasteiger partial charge in [-0.25, -0.2) is 4.79 Å². The first-order valence-corrected chi connectivity index (χ1v) is 11.6. The molecule has 0 radical (unpaired) electrons. The van der Waals surface area contributed by atoms with Crippen molar-refractivity contribution in [3.05, 3.63) is 32.6 Å². The van der Waals surface area contributed by atoms with E-state index in [1.165, 1.54) is 26.6 Å². The van der Waals surface area contributed by atoms with Crippen LogP contribution in [0.4, 0.5) is 0 Å². The van der Waals surface area contributed by atoms with Gasteiger partial charge in [0.1, 0.15) is 0 Å². The lowest BCUT2D eigenvalue weighted by molar-refractivity contribution is 0.222. The van der Waals surface area contributed by atoms with Crippen LogP contribution in [-0.2, 0) is 22.7 Å². The number of hydrogen-bond donors (Lipinski definition) is 0. The fraction of sp³-hybridized carbons (Fsp3) is 0.733. The van der Waals surface area contributed by atoms with Crippen molar-refractivity contribution in [1.82, 2.24) is 9.13 Å². The van der Waals surface area contributed by atoms with Crippen molar-refractivity contribution in [2.75, 3.05) is 12.4 Å². The number of hydrogen-bond acceptors (Lipinski definition) is 5. The summed E-state index contributed by atoms with van der Waals surface area (Å²) in [6.07, 6.45) is 5.02. The Hall–Kier alpha value is -0.780.